The summed E-state index contributed by atoms with van der Waals surface area (Å²) in [6, 6.07) is 4.65. The zero-order chi connectivity index (χ0) is 12.6. The SMILES string of the molecule is Cc1nc(N)sc1S(=O)(=O)c1ccc(F)cc1. The number of hydrogen-bond acceptors (Lipinski definition) is 5. The number of nitrogens with zero attached hydrogens (tertiary/aromatic N) is 1. The Hall–Kier alpha value is -1.47. The molecule has 4 nitrogen and oxygen atoms in total. The van der Waals surface area contributed by atoms with Gasteiger partial charge in [0.05, 0.1) is 10.6 Å². The predicted octanol–water partition coefficient (Wildman–Crippen LogP) is 2.01. The van der Waals surface area contributed by atoms with Gasteiger partial charge in [0.2, 0.25) is 9.84 Å². The topological polar surface area (TPSA) is 73.0 Å². The van der Waals surface area contributed by atoms with Crippen LogP contribution < -0.4 is 5.73 Å². The molecule has 0 spiro atoms. The number of sulfone groups is 1. The number of thiazole rings is 1. The molecule has 0 unspecified atom stereocenters. The molecule has 7 heteroatoms. The standard InChI is InChI=1S/C10H9FN2O2S2/c1-6-9(16-10(12)13-6)17(14,15)8-4-2-7(11)3-5-8/h2-5H,1H3,(H2,12,13). The number of hydrogen-bond donors (Lipinski definition) is 1. The maximum atomic E-state index is 12.7. The lowest BCUT2D eigenvalue weighted by molar-refractivity contribution is 0.596. The minimum Gasteiger partial charge on any atom is -0.375 e. The Morgan fingerprint density at radius 1 is 1.29 bits per heavy atom. The number of anilines is 1. The third-order valence-corrected chi connectivity index (χ3v) is 5.50. The van der Waals surface area contributed by atoms with E-state index in [0.29, 0.717) is 5.69 Å². The summed E-state index contributed by atoms with van der Waals surface area (Å²) in [5.74, 6) is -0.482. The molecule has 0 radical (unpaired) electrons. The van der Waals surface area contributed by atoms with Crippen molar-refractivity contribution >= 4 is 26.3 Å². The molecule has 1 heterocycles. The lowest BCUT2D eigenvalue weighted by Gasteiger charge is -2.01. The molecule has 0 amide bonds. The summed E-state index contributed by atoms with van der Waals surface area (Å²) in [6.07, 6.45) is 0. The summed E-state index contributed by atoms with van der Waals surface area (Å²) in [5.41, 5.74) is 5.82. The fourth-order valence-corrected chi connectivity index (χ4v) is 4.07. The first kappa shape index (κ1) is 12.0. The molecule has 0 fully saturated rings. The first-order valence-electron chi connectivity index (χ1n) is 4.65. The van der Waals surface area contributed by atoms with Crippen molar-refractivity contribution in [3.8, 4) is 0 Å². The van der Waals surface area contributed by atoms with Crippen LogP contribution in [0, 0.1) is 12.7 Å². The highest BCUT2D eigenvalue weighted by Gasteiger charge is 2.23. The Bertz CT molecular complexity index is 647. The predicted molar refractivity (Wildman–Crippen MR) is 63.1 cm³/mol. The van der Waals surface area contributed by atoms with Crippen LogP contribution in [0.15, 0.2) is 33.4 Å². The van der Waals surface area contributed by atoms with Gasteiger partial charge >= 0.3 is 0 Å². The Morgan fingerprint density at radius 3 is 2.35 bits per heavy atom. The molecular weight excluding hydrogens is 263 g/mol. The molecule has 1 aromatic heterocycles. The molecule has 0 aliphatic carbocycles. The smallest absolute Gasteiger partial charge is 0.217 e. The van der Waals surface area contributed by atoms with Crippen molar-refractivity contribution in [3.63, 3.8) is 0 Å². The van der Waals surface area contributed by atoms with Crippen molar-refractivity contribution in [1.29, 1.82) is 0 Å². The molecule has 0 saturated carbocycles. The van der Waals surface area contributed by atoms with Crippen LogP contribution in [0.1, 0.15) is 5.69 Å². The van der Waals surface area contributed by atoms with E-state index in [9.17, 15) is 12.8 Å². The molecule has 2 N–H and O–H groups in total. The van der Waals surface area contributed by atoms with Crippen LogP contribution >= 0.6 is 11.3 Å². The Balaban J connectivity index is 2.57. The lowest BCUT2D eigenvalue weighted by Crippen LogP contribution is -2.01. The summed E-state index contributed by atoms with van der Waals surface area (Å²) < 4.78 is 37.2. The van der Waals surface area contributed by atoms with Gasteiger partial charge in [-0.25, -0.2) is 17.8 Å². The van der Waals surface area contributed by atoms with E-state index in [4.69, 9.17) is 5.73 Å². The van der Waals surface area contributed by atoms with E-state index in [1.165, 1.54) is 12.1 Å². The number of aromatic nitrogens is 1. The van der Waals surface area contributed by atoms with E-state index < -0.39 is 15.7 Å². The largest absolute Gasteiger partial charge is 0.375 e. The van der Waals surface area contributed by atoms with E-state index in [1.807, 2.05) is 0 Å². The van der Waals surface area contributed by atoms with Gasteiger partial charge in [0.25, 0.3) is 0 Å². The molecule has 1 aromatic carbocycles. The van der Waals surface area contributed by atoms with Crippen molar-refractivity contribution in [1.82, 2.24) is 4.98 Å². The third-order valence-electron chi connectivity index (χ3n) is 2.14. The summed E-state index contributed by atoms with van der Waals surface area (Å²) in [6.45, 7) is 1.57. The zero-order valence-corrected chi connectivity index (χ0v) is 10.5. The van der Waals surface area contributed by atoms with Crippen molar-refractivity contribution in [3.05, 3.63) is 35.8 Å². The number of aryl methyl sites for hydroxylation is 1. The minimum absolute atomic E-state index is 0.0330. The van der Waals surface area contributed by atoms with Crippen LogP contribution in [0.25, 0.3) is 0 Å². The van der Waals surface area contributed by atoms with E-state index in [2.05, 4.69) is 4.98 Å². The lowest BCUT2D eigenvalue weighted by atomic mass is 10.4. The average molecular weight is 272 g/mol. The maximum absolute atomic E-state index is 12.7. The van der Waals surface area contributed by atoms with Gasteiger partial charge in [-0.1, -0.05) is 11.3 Å². The summed E-state index contributed by atoms with van der Waals surface area (Å²) in [5, 5.41) is 0.197. The molecule has 90 valence electrons. The Labute approximate surface area is 102 Å². The Kier molecular flexibility index (Phi) is 2.88. The van der Waals surface area contributed by atoms with Crippen molar-refractivity contribution in [2.45, 2.75) is 16.0 Å². The number of nitrogen functional groups attached to an aromatic ring is 1. The average Bonchev–Trinajstić information content (AvgIpc) is 2.59. The zero-order valence-electron chi connectivity index (χ0n) is 8.84. The summed E-state index contributed by atoms with van der Waals surface area (Å²) in [7, 11) is -3.66. The normalized spacial score (nSPS) is 11.6. The highest BCUT2D eigenvalue weighted by atomic mass is 32.2. The number of nitrogens with two attached hydrogens (primary N) is 1. The van der Waals surface area contributed by atoms with E-state index in [1.54, 1.807) is 6.92 Å². The highest BCUT2D eigenvalue weighted by molar-refractivity contribution is 7.93. The first-order valence-corrected chi connectivity index (χ1v) is 6.95. The van der Waals surface area contributed by atoms with E-state index in [-0.39, 0.29) is 14.2 Å². The van der Waals surface area contributed by atoms with E-state index >= 15 is 0 Å². The molecule has 0 aliphatic rings. The van der Waals surface area contributed by atoms with Crippen molar-refractivity contribution in [2.75, 3.05) is 5.73 Å². The fraction of sp³-hybridized carbons (Fsp3) is 0.100. The van der Waals surface area contributed by atoms with Crippen LogP contribution in [0.3, 0.4) is 0 Å². The molecule has 0 atom stereocenters. The minimum atomic E-state index is -3.66. The van der Waals surface area contributed by atoms with Gasteiger partial charge in [0.1, 0.15) is 10.0 Å². The second-order valence-corrected chi connectivity index (χ2v) is 6.56. The Morgan fingerprint density at radius 2 is 1.88 bits per heavy atom. The fourth-order valence-electron chi connectivity index (χ4n) is 1.37. The van der Waals surface area contributed by atoms with E-state index in [0.717, 1.165) is 23.5 Å². The first-order chi connectivity index (χ1) is 7.91. The molecular formula is C10H9FN2O2S2. The molecule has 0 saturated heterocycles. The van der Waals surface area contributed by atoms with Crippen molar-refractivity contribution < 1.29 is 12.8 Å². The number of rotatable bonds is 2. The molecule has 2 aromatic rings. The second kappa shape index (κ2) is 4.08. The van der Waals surface area contributed by atoms with Crippen LogP contribution in [0.2, 0.25) is 0 Å². The van der Waals surface area contributed by atoms with Crippen LogP contribution in [0.5, 0.6) is 0 Å². The van der Waals surface area contributed by atoms with Crippen LogP contribution in [-0.4, -0.2) is 13.4 Å². The quantitative estimate of drug-likeness (QED) is 0.849. The highest BCUT2D eigenvalue weighted by Crippen LogP contribution is 2.30. The van der Waals surface area contributed by atoms with Gasteiger partial charge in [-0.3, -0.25) is 0 Å². The van der Waals surface area contributed by atoms with Gasteiger partial charge < -0.3 is 5.73 Å². The second-order valence-electron chi connectivity index (χ2n) is 3.38. The monoisotopic (exact) mass is 272 g/mol. The molecule has 17 heavy (non-hydrogen) atoms. The summed E-state index contributed by atoms with van der Waals surface area (Å²) >= 11 is 0.905. The van der Waals surface area contributed by atoms with Gasteiger partial charge in [-0.15, -0.1) is 0 Å². The molecule has 0 aliphatic heterocycles. The van der Waals surface area contributed by atoms with Crippen molar-refractivity contribution in [2.24, 2.45) is 0 Å². The third kappa shape index (κ3) is 2.16. The maximum Gasteiger partial charge on any atom is 0.217 e. The van der Waals surface area contributed by atoms with Gasteiger partial charge in [0, 0.05) is 0 Å². The number of benzene rings is 1. The molecule has 0 bridgehead atoms. The van der Waals surface area contributed by atoms with Gasteiger partial charge in [0.15, 0.2) is 5.13 Å². The summed E-state index contributed by atoms with van der Waals surface area (Å²) in [4.78, 5) is 3.90. The van der Waals surface area contributed by atoms with Gasteiger partial charge in [-0.05, 0) is 31.2 Å². The van der Waals surface area contributed by atoms with Crippen LogP contribution in [-0.2, 0) is 9.84 Å². The van der Waals surface area contributed by atoms with Crippen LogP contribution in [0.4, 0.5) is 9.52 Å². The van der Waals surface area contributed by atoms with Gasteiger partial charge in [-0.2, -0.15) is 0 Å². The number of halogens is 1. The molecule has 2 rings (SSSR count).